The first-order valence-corrected chi connectivity index (χ1v) is 4.77. The number of rotatable bonds is 2. The number of aryl methyl sites for hydroxylation is 2. The van der Waals surface area contributed by atoms with E-state index >= 15 is 0 Å². The number of aromatic amines is 1. The number of nitrogens with zero attached hydrogens (tertiary/aromatic N) is 2. The van der Waals surface area contributed by atoms with Crippen LogP contribution in [0.1, 0.15) is 18.1 Å². The van der Waals surface area contributed by atoms with E-state index in [1.54, 1.807) is 6.20 Å². The normalized spacial score (nSPS) is 10.4. The summed E-state index contributed by atoms with van der Waals surface area (Å²) in [5.41, 5.74) is 4.73. The number of hydrogen-bond acceptors (Lipinski definition) is 2. The van der Waals surface area contributed by atoms with E-state index in [2.05, 4.69) is 47.5 Å². The third kappa shape index (κ3) is 1.53. The molecule has 0 saturated heterocycles. The highest BCUT2D eigenvalue weighted by Gasteiger charge is 2.02. The van der Waals surface area contributed by atoms with Gasteiger partial charge in [-0.25, -0.2) is 0 Å². The Kier molecular flexibility index (Phi) is 2.31. The fraction of sp³-hybridized carbons (Fsp3) is 0.273. The summed E-state index contributed by atoms with van der Waals surface area (Å²) in [4.78, 5) is 0. The number of nitrogens with one attached hydrogen (secondary N) is 1. The molecule has 2 aromatic rings. The second-order valence-electron chi connectivity index (χ2n) is 3.35. The number of hydrogen-bond donors (Lipinski definition) is 1. The lowest BCUT2D eigenvalue weighted by Crippen LogP contribution is -1.87. The summed E-state index contributed by atoms with van der Waals surface area (Å²) in [7, 11) is 0. The van der Waals surface area contributed by atoms with Crippen molar-refractivity contribution in [1.82, 2.24) is 15.4 Å². The van der Waals surface area contributed by atoms with Gasteiger partial charge in [0.2, 0.25) is 0 Å². The maximum atomic E-state index is 4.06. The Morgan fingerprint density at radius 3 is 2.86 bits per heavy atom. The molecule has 72 valence electrons. The molecule has 1 N–H and O–H groups in total. The first kappa shape index (κ1) is 8.94. The molecule has 0 bridgehead atoms. The lowest BCUT2D eigenvalue weighted by molar-refractivity contribution is 0.942. The summed E-state index contributed by atoms with van der Waals surface area (Å²) >= 11 is 0. The van der Waals surface area contributed by atoms with Crippen LogP contribution in [0.15, 0.2) is 24.4 Å². The van der Waals surface area contributed by atoms with Gasteiger partial charge in [-0.2, -0.15) is 15.4 Å². The van der Waals surface area contributed by atoms with Gasteiger partial charge in [0.1, 0.15) is 5.69 Å². The van der Waals surface area contributed by atoms with Crippen LogP contribution in [0, 0.1) is 6.92 Å². The molecular formula is C11H13N3. The zero-order valence-corrected chi connectivity index (χ0v) is 8.41. The Labute approximate surface area is 83.2 Å². The average Bonchev–Trinajstić information content (AvgIpc) is 2.71. The Morgan fingerprint density at radius 1 is 1.36 bits per heavy atom. The number of aromatic nitrogens is 3. The van der Waals surface area contributed by atoms with Crippen molar-refractivity contribution in [3.05, 3.63) is 35.5 Å². The fourth-order valence-corrected chi connectivity index (χ4v) is 1.55. The molecule has 3 nitrogen and oxygen atoms in total. The summed E-state index contributed by atoms with van der Waals surface area (Å²) in [6.07, 6.45) is 2.79. The van der Waals surface area contributed by atoms with Crippen LogP contribution in [0.5, 0.6) is 0 Å². The minimum Gasteiger partial charge on any atom is -0.197 e. The van der Waals surface area contributed by atoms with Crippen molar-refractivity contribution >= 4 is 0 Å². The van der Waals surface area contributed by atoms with Crippen molar-refractivity contribution in [3.8, 4) is 11.3 Å². The predicted octanol–water partition coefficient (Wildman–Crippen LogP) is 2.34. The van der Waals surface area contributed by atoms with Gasteiger partial charge >= 0.3 is 0 Å². The van der Waals surface area contributed by atoms with Crippen LogP contribution in [-0.4, -0.2) is 15.4 Å². The van der Waals surface area contributed by atoms with Gasteiger partial charge in [-0.15, -0.1) is 0 Å². The van der Waals surface area contributed by atoms with Crippen LogP contribution >= 0.6 is 0 Å². The van der Waals surface area contributed by atoms with Crippen LogP contribution in [0.2, 0.25) is 0 Å². The topological polar surface area (TPSA) is 41.6 Å². The van der Waals surface area contributed by atoms with E-state index in [-0.39, 0.29) is 0 Å². The molecule has 0 aliphatic rings. The third-order valence-corrected chi connectivity index (χ3v) is 2.44. The number of benzene rings is 1. The van der Waals surface area contributed by atoms with Crippen molar-refractivity contribution in [2.75, 3.05) is 0 Å². The zero-order valence-electron chi connectivity index (χ0n) is 8.41. The van der Waals surface area contributed by atoms with E-state index in [4.69, 9.17) is 0 Å². The molecule has 0 aliphatic heterocycles. The van der Waals surface area contributed by atoms with Gasteiger partial charge in [-0.1, -0.05) is 19.1 Å². The smallest absolute Gasteiger partial charge is 0.112 e. The molecule has 0 radical (unpaired) electrons. The maximum Gasteiger partial charge on any atom is 0.112 e. The van der Waals surface area contributed by atoms with Crippen LogP contribution in [0.4, 0.5) is 0 Å². The predicted molar refractivity (Wildman–Crippen MR) is 55.9 cm³/mol. The van der Waals surface area contributed by atoms with Crippen LogP contribution < -0.4 is 0 Å². The quantitative estimate of drug-likeness (QED) is 0.784. The van der Waals surface area contributed by atoms with Gasteiger partial charge in [0.25, 0.3) is 0 Å². The monoisotopic (exact) mass is 187 g/mol. The molecule has 0 aliphatic carbocycles. The lowest BCUT2D eigenvalue weighted by Gasteiger charge is -2.04. The summed E-state index contributed by atoms with van der Waals surface area (Å²) in [6.45, 7) is 4.29. The highest BCUT2D eigenvalue weighted by Crippen LogP contribution is 2.19. The SMILES string of the molecule is CCc1cc(-c2cn[nH]n2)ccc1C. The zero-order chi connectivity index (χ0) is 9.97. The van der Waals surface area contributed by atoms with Crippen LogP contribution in [0.3, 0.4) is 0 Å². The molecule has 0 saturated carbocycles. The van der Waals surface area contributed by atoms with Gasteiger partial charge in [0, 0.05) is 5.56 Å². The number of H-pyrrole nitrogens is 1. The minimum atomic E-state index is 0.903. The highest BCUT2D eigenvalue weighted by molar-refractivity contribution is 5.59. The average molecular weight is 187 g/mol. The summed E-state index contributed by atoms with van der Waals surface area (Å²) < 4.78 is 0. The Bertz CT molecular complexity index is 418. The van der Waals surface area contributed by atoms with Crippen molar-refractivity contribution in [1.29, 1.82) is 0 Å². The maximum absolute atomic E-state index is 4.06. The molecule has 3 heteroatoms. The second kappa shape index (κ2) is 3.62. The van der Waals surface area contributed by atoms with Gasteiger partial charge < -0.3 is 0 Å². The van der Waals surface area contributed by atoms with E-state index in [1.807, 2.05) is 0 Å². The largest absolute Gasteiger partial charge is 0.197 e. The first-order chi connectivity index (χ1) is 6.81. The molecule has 1 aromatic heterocycles. The molecule has 0 fully saturated rings. The van der Waals surface area contributed by atoms with Gasteiger partial charge in [0.05, 0.1) is 6.20 Å². The standard InChI is InChI=1S/C11H13N3/c1-3-9-6-10(5-4-8(9)2)11-7-12-14-13-11/h4-7H,3H2,1-2H3,(H,12,13,14). The molecule has 0 atom stereocenters. The third-order valence-electron chi connectivity index (χ3n) is 2.44. The van der Waals surface area contributed by atoms with E-state index in [0.29, 0.717) is 0 Å². The Hall–Kier alpha value is -1.64. The molecule has 1 heterocycles. The Balaban J connectivity index is 2.46. The minimum absolute atomic E-state index is 0.903. The van der Waals surface area contributed by atoms with E-state index in [1.165, 1.54) is 11.1 Å². The highest BCUT2D eigenvalue weighted by atomic mass is 15.3. The summed E-state index contributed by atoms with van der Waals surface area (Å²) in [5, 5.41) is 10.5. The van der Waals surface area contributed by atoms with Crippen molar-refractivity contribution in [2.45, 2.75) is 20.3 Å². The molecule has 1 aromatic carbocycles. The fourth-order valence-electron chi connectivity index (χ4n) is 1.55. The van der Waals surface area contributed by atoms with Gasteiger partial charge in [0.15, 0.2) is 0 Å². The molecule has 2 rings (SSSR count). The Morgan fingerprint density at radius 2 is 2.21 bits per heavy atom. The van der Waals surface area contributed by atoms with Gasteiger partial charge in [-0.3, -0.25) is 0 Å². The van der Waals surface area contributed by atoms with Gasteiger partial charge in [-0.05, 0) is 30.5 Å². The van der Waals surface area contributed by atoms with Crippen molar-refractivity contribution < 1.29 is 0 Å². The molecule has 14 heavy (non-hydrogen) atoms. The summed E-state index contributed by atoms with van der Waals surface area (Å²) in [5.74, 6) is 0. The first-order valence-electron chi connectivity index (χ1n) is 4.77. The lowest BCUT2D eigenvalue weighted by atomic mass is 10.0. The summed E-state index contributed by atoms with van der Waals surface area (Å²) in [6, 6.07) is 6.38. The molecule has 0 spiro atoms. The van der Waals surface area contributed by atoms with E-state index < -0.39 is 0 Å². The molecular weight excluding hydrogens is 174 g/mol. The van der Waals surface area contributed by atoms with E-state index in [9.17, 15) is 0 Å². The van der Waals surface area contributed by atoms with Crippen molar-refractivity contribution in [2.24, 2.45) is 0 Å². The molecule has 0 amide bonds. The van der Waals surface area contributed by atoms with Crippen molar-refractivity contribution in [3.63, 3.8) is 0 Å². The molecule has 0 unspecified atom stereocenters. The van der Waals surface area contributed by atoms with Crippen LogP contribution in [0.25, 0.3) is 11.3 Å². The van der Waals surface area contributed by atoms with E-state index in [0.717, 1.165) is 17.7 Å². The van der Waals surface area contributed by atoms with Crippen LogP contribution in [-0.2, 0) is 6.42 Å². The second-order valence-corrected chi connectivity index (χ2v) is 3.35.